The summed E-state index contributed by atoms with van der Waals surface area (Å²) in [6.45, 7) is 0.371. The van der Waals surface area contributed by atoms with Gasteiger partial charge in [0.15, 0.2) is 4.96 Å². The molecule has 5 rings (SSSR count). The summed E-state index contributed by atoms with van der Waals surface area (Å²) < 4.78 is 9.64. The highest BCUT2D eigenvalue weighted by molar-refractivity contribution is 7.15. The molecule has 2 aromatic carbocycles. The van der Waals surface area contributed by atoms with E-state index in [2.05, 4.69) is 15.3 Å². The molecule has 7 nitrogen and oxygen atoms in total. The molecule has 154 valence electrons. The zero-order chi connectivity index (χ0) is 21.2. The first-order valence-corrected chi connectivity index (χ1v) is 10.6. The number of hydrogen-bond acceptors (Lipinski definition) is 5. The first-order valence-electron chi connectivity index (χ1n) is 9.69. The van der Waals surface area contributed by atoms with Crippen molar-refractivity contribution in [2.45, 2.75) is 6.61 Å². The van der Waals surface area contributed by atoms with Crippen LogP contribution >= 0.6 is 11.3 Å². The molecule has 3 heterocycles. The van der Waals surface area contributed by atoms with E-state index in [1.807, 2.05) is 64.3 Å². The maximum Gasteiger partial charge on any atom is 0.255 e. The Kier molecular flexibility index (Phi) is 4.97. The lowest BCUT2D eigenvalue weighted by Gasteiger charge is -2.08. The van der Waals surface area contributed by atoms with Gasteiger partial charge in [-0.25, -0.2) is 9.97 Å². The average molecular weight is 430 g/mol. The van der Waals surface area contributed by atoms with Crippen molar-refractivity contribution in [3.8, 4) is 17.0 Å². The Morgan fingerprint density at radius 1 is 1.10 bits per heavy atom. The van der Waals surface area contributed by atoms with Crippen LogP contribution < -0.4 is 10.1 Å². The lowest BCUT2D eigenvalue weighted by molar-refractivity contribution is 0.102. The van der Waals surface area contributed by atoms with Gasteiger partial charge in [-0.05, 0) is 36.4 Å². The Morgan fingerprint density at radius 3 is 2.61 bits per heavy atom. The minimum atomic E-state index is -0.175. The number of nitrogens with zero attached hydrogens (tertiary/aromatic N) is 4. The number of imidazole rings is 2. The number of carbonyl (C=O) groups excluding carboxylic acids is 1. The number of benzene rings is 2. The Hall–Kier alpha value is -3.91. The molecule has 0 aliphatic heterocycles. The molecule has 31 heavy (non-hydrogen) atoms. The fourth-order valence-electron chi connectivity index (χ4n) is 3.18. The zero-order valence-electron chi connectivity index (χ0n) is 16.7. The molecule has 3 aromatic heterocycles. The van der Waals surface area contributed by atoms with Crippen molar-refractivity contribution in [3.05, 3.63) is 90.1 Å². The van der Waals surface area contributed by atoms with E-state index in [0.717, 1.165) is 27.7 Å². The molecule has 0 atom stereocenters. The van der Waals surface area contributed by atoms with Gasteiger partial charge in [0.1, 0.15) is 18.2 Å². The SMILES string of the molecule is Cn1ccnc1COc1ccc(C(=O)Nc2ccc(-c3cn4ccsc4n3)cc2)cc1. The topological polar surface area (TPSA) is 73.5 Å². The summed E-state index contributed by atoms with van der Waals surface area (Å²) in [5.41, 5.74) is 3.20. The molecule has 0 spiro atoms. The third kappa shape index (κ3) is 4.06. The number of aromatic nitrogens is 4. The quantitative estimate of drug-likeness (QED) is 0.427. The second kappa shape index (κ2) is 8.08. The van der Waals surface area contributed by atoms with Crippen molar-refractivity contribution in [1.29, 1.82) is 0 Å². The predicted octanol–water partition coefficient (Wildman–Crippen LogP) is 4.63. The number of carbonyl (C=O) groups is 1. The molecular formula is C23H19N5O2S. The van der Waals surface area contributed by atoms with Crippen LogP contribution in [0.1, 0.15) is 16.2 Å². The highest BCUT2D eigenvalue weighted by Gasteiger charge is 2.09. The van der Waals surface area contributed by atoms with Crippen LogP contribution in [0.25, 0.3) is 16.2 Å². The number of aryl methyl sites for hydroxylation is 1. The third-order valence-corrected chi connectivity index (χ3v) is 5.71. The Labute approximate surface area is 182 Å². The van der Waals surface area contributed by atoms with Crippen molar-refractivity contribution in [1.82, 2.24) is 18.9 Å². The maximum absolute atomic E-state index is 12.6. The molecule has 0 aliphatic rings. The summed E-state index contributed by atoms with van der Waals surface area (Å²) in [6, 6.07) is 14.7. The van der Waals surface area contributed by atoms with Gasteiger partial charge in [0.25, 0.3) is 5.91 Å². The third-order valence-electron chi connectivity index (χ3n) is 4.94. The van der Waals surface area contributed by atoms with E-state index in [4.69, 9.17) is 4.74 Å². The number of anilines is 1. The molecule has 1 amide bonds. The van der Waals surface area contributed by atoms with Crippen LogP contribution in [0.3, 0.4) is 0 Å². The summed E-state index contributed by atoms with van der Waals surface area (Å²) in [5.74, 6) is 1.34. The Morgan fingerprint density at radius 2 is 1.90 bits per heavy atom. The molecule has 0 fully saturated rings. The average Bonchev–Trinajstić information content (AvgIpc) is 3.50. The number of fused-ring (bicyclic) bond motifs is 1. The van der Waals surface area contributed by atoms with Crippen LogP contribution in [0.2, 0.25) is 0 Å². The second-order valence-corrected chi connectivity index (χ2v) is 7.89. The lowest BCUT2D eigenvalue weighted by Crippen LogP contribution is -2.11. The van der Waals surface area contributed by atoms with Crippen LogP contribution in [-0.2, 0) is 13.7 Å². The van der Waals surface area contributed by atoms with Gasteiger partial charge in [-0.1, -0.05) is 12.1 Å². The molecule has 0 bridgehead atoms. The Bertz CT molecular complexity index is 1300. The van der Waals surface area contributed by atoms with Crippen molar-refractivity contribution in [2.75, 3.05) is 5.32 Å². The molecule has 0 unspecified atom stereocenters. The van der Waals surface area contributed by atoms with Crippen LogP contribution in [0.5, 0.6) is 5.75 Å². The largest absolute Gasteiger partial charge is 0.486 e. The number of amides is 1. The maximum atomic E-state index is 12.6. The lowest BCUT2D eigenvalue weighted by atomic mass is 10.1. The number of nitrogens with one attached hydrogen (secondary N) is 1. The van der Waals surface area contributed by atoms with Gasteiger partial charge in [-0.15, -0.1) is 11.3 Å². The highest BCUT2D eigenvalue weighted by Crippen LogP contribution is 2.23. The molecule has 5 aromatic rings. The van der Waals surface area contributed by atoms with Crippen molar-refractivity contribution in [2.24, 2.45) is 7.05 Å². The van der Waals surface area contributed by atoms with E-state index in [9.17, 15) is 4.79 Å². The van der Waals surface area contributed by atoms with Crippen LogP contribution in [0, 0.1) is 0 Å². The Balaban J connectivity index is 1.21. The molecule has 8 heteroatoms. The van der Waals surface area contributed by atoms with Crippen LogP contribution in [-0.4, -0.2) is 24.8 Å². The van der Waals surface area contributed by atoms with E-state index in [-0.39, 0.29) is 5.91 Å². The molecular weight excluding hydrogens is 410 g/mol. The number of rotatable bonds is 6. The molecule has 0 saturated heterocycles. The summed E-state index contributed by atoms with van der Waals surface area (Å²) in [6.07, 6.45) is 7.59. The highest BCUT2D eigenvalue weighted by atomic mass is 32.1. The molecule has 0 saturated carbocycles. The second-order valence-electron chi connectivity index (χ2n) is 7.02. The van der Waals surface area contributed by atoms with Crippen LogP contribution in [0.15, 0.2) is 78.7 Å². The van der Waals surface area contributed by atoms with E-state index in [1.165, 1.54) is 0 Å². The smallest absolute Gasteiger partial charge is 0.255 e. The summed E-state index contributed by atoms with van der Waals surface area (Å²) in [4.78, 5) is 22.4. The van der Waals surface area contributed by atoms with Gasteiger partial charge >= 0.3 is 0 Å². The first kappa shape index (κ1) is 19.1. The zero-order valence-corrected chi connectivity index (χ0v) is 17.5. The monoisotopic (exact) mass is 429 g/mol. The minimum absolute atomic E-state index is 0.175. The van der Waals surface area contributed by atoms with Crippen molar-refractivity contribution in [3.63, 3.8) is 0 Å². The van der Waals surface area contributed by atoms with Gasteiger partial charge in [0.2, 0.25) is 0 Å². The molecule has 1 N–H and O–H groups in total. The van der Waals surface area contributed by atoms with E-state index < -0.39 is 0 Å². The van der Waals surface area contributed by atoms with E-state index in [0.29, 0.717) is 17.9 Å². The van der Waals surface area contributed by atoms with E-state index >= 15 is 0 Å². The fourth-order valence-corrected chi connectivity index (χ4v) is 3.88. The normalized spacial score (nSPS) is 11.0. The first-order chi connectivity index (χ1) is 15.2. The number of thiazole rings is 1. The minimum Gasteiger partial charge on any atom is -0.486 e. The van der Waals surface area contributed by atoms with Gasteiger partial charge in [-0.3, -0.25) is 9.20 Å². The molecule has 0 aliphatic carbocycles. The van der Waals surface area contributed by atoms with Gasteiger partial charge in [-0.2, -0.15) is 0 Å². The van der Waals surface area contributed by atoms with E-state index in [1.54, 1.807) is 41.8 Å². The van der Waals surface area contributed by atoms with Crippen molar-refractivity contribution >= 4 is 27.9 Å². The summed E-state index contributed by atoms with van der Waals surface area (Å²) >= 11 is 1.60. The summed E-state index contributed by atoms with van der Waals surface area (Å²) in [7, 11) is 1.92. The standard InChI is InChI=1S/C23H19N5O2S/c1-27-11-10-24-21(27)15-30-19-8-4-17(5-9-19)22(29)25-18-6-2-16(3-7-18)20-14-28-12-13-31-23(28)26-20/h2-14H,15H2,1H3,(H,25,29). The summed E-state index contributed by atoms with van der Waals surface area (Å²) in [5, 5.41) is 4.93. The molecule has 0 radical (unpaired) electrons. The van der Waals surface area contributed by atoms with Gasteiger partial charge < -0.3 is 14.6 Å². The van der Waals surface area contributed by atoms with Gasteiger partial charge in [0, 0.05) is 54.0 Å². The van der Waals surface area contributed by atoms with Crippen LogP contribution in [0.4, 0.5) is 5.69 Å². The van der Waals surface area contributed by atoms with Gasteiger partial charge in [0.05, 0.1) is 5.69 Å². The number of ether oxygens (including phenoxy) is 1. The fraction of sp³-hybridized carbons (Fsp3) is 0.0870. The predicted molar refractivity (Wildman–Crippen MR) is 120 cm³/mol. The number of hydrogen-bond donors (Lipinski definition) is 1. The van der Waals surface area contributed by atoms with Crippen molar-refractivity contribution < 1.29 is 9.53 Å².